The van der Waals surface area contributed by atoms with Gasteiger partial charge in [0.15, 0.2) is 0 Å². The van der Waals surface area contributed by atoms with Crippen LogP contribution in [0.15, 0.2) is 12.1 Å². The first-order valence-electron chi connectivity index (χ1n) is 4.85. The Hall–Kier alpha value is -1.71. The van der Waals surface area contributed by atoms with Crippen LogP contribution in [0.1, 0.15) is 19.4 Å². The van der Waals surface area contributed by atoms with Gasteiger partial charge in [-0.2, -0.15) is 0 Å². The number of aryl methyl sites for hydroxylation is 1. The van der Waals surface area contributed by atoms with E-state index < -0.39 is 0 Å². The van der Waals surface area contributed by atoms with Crippen LogP contribution in [0.4, 0.5) is 11.4 Å². The zero-order valence-electron chi connectivity index (χ0n) is 9.26. The lowest BCUT2D eigenvalue weighted by Crippen LogP contribution is -2.08. The summed E-state index contributed by atoms with van der Waals surface area (Å²) in [7, 11) is 0. The van der Waals surface area contributed by atoms with Gasteiger partial charge in [-0.1, -0.05) is 0 Å². The fraction of sp³-hybridized carbons (Fsp3) is 0.364. The van der Waals surface area contributed by atoms with Crippen molar-refractivity contribution in [3.05, 3.63) is 17.7 Å². The maximum atomic E-state index is 10.9. The van der Waals surface area contributed by atoms with Crippen LogP contribution in [-0.2, 0) is 4.79 Å². The number of ether oxygens (including phenoxy) is 1. The standard InChI is InChI=1S/C11H16N2O2/c1-4-15-11-5-7(2)10(6-9(11)12)13-8(3)14/h5-6H,4,12H2,1-3H3,(H,13,14). The third-order valence-electron chi connectivity index (χ3n) is 1.97. The predicted molar refractivity (Wildman–Crippen MR) is 61.1 cm³/mol. The Morgan fingerprint density at radius 3 is 2.73 bits per heavy atom. The number of hydrogen-bond acceptors (Lipinski definition) is 3. The largest absolute Gasteiger partial charge is 0.492 e. The highest BCUT2D eigenvalue weighted by Gasteiger charge is 2.06. The number of hydrogen-bond donors (Lipinski definition) is 2. The molecule has 0 heterocycles. The molecule has 0 aliphatic carbocycles. The van der Waals surface area contributed by atoms with E-state index in [4.69, 9.17) is 10.5 Å². The van der Waals surface area contributed by atoms with E-state index in [1.807, 2.05) is 19.9 Å². The molecule has 1 rings (SSSR count). The Bertz CT molecular complexity index is 375. The van der Waals surface area contributed by atoms with Crippen molar-refractivity contribution < 1.29 is 9.53 Å². The van der Waals surface area contributed by atoms with E-state index in [1.54, 1.807) is 6.07 Å². The number of nitrogen functional groups attached to an aromatic ring is 1. The van der Waals surface area contributed by atoms with Crippen molar-refractivity contribution in [1.82, 2.24) is 0 Å². The van der Waals surface area contributed by atoms with Gasteiger partial charge in [0.05, 0.1) is 12.3 Å². The van der Waals surface area contributed by atoms with Crippen molar-refractivity contribution in [2.75, 3.05) is 17.7 Å². The molecule has 4 heteroatoms. The van der Waals surface area contributed by atoms with E-state index in [0.717, 1.165) is 11.3 Å². The minimum absolute atomic E-state index is 0.110. The van der Waals surface area contributed by atoms with E-state index in [9.17, 15) is 4.79 Å². The lowest BCUT2D eigenvalue weighted by molar-refractivity contribution is -0.114. The summed E-state index contributed by atoms with van der Waals surface area (Å²) >= 11 is 0. The summed E-state index contributed by atoms with van der Waals surface area (Å²) in [6.07, 6.45) is 0. The number of carbonyl (C=O) groups excluding carboxylic acids is 1. The van der Waals surface area contributed by atoms with Crippen molar-refractivity contribution in [3.63, 3.8) is 0 Å². The minimum Gasteiger partial charge on any atom is -0.492 e. The summed E-state index contributed by atoms with van der Waals surface area (Å²) in [6, 6.07) is 3.53. The number of nitrogens with two attached hydrogens (primary N) is 1. The van der Waals surface area contributed by atoms with Gasteiger partial charge >= 0.3 is 0 Å². The first kappa shape index (κ1) is 11.4. The normalized spacial score (nSPS) is 9.80. The van der Waals surface area contributed by atoms with E-state index in [-0.39, 0.29) is 5.91 Å². The molecule has 0 aliphatic heterocycles. The number of benzene rings is 1. The molecular formula is C11H16N2O2. The zero-order valence-corrected chi connectivity index (χ0v) is 9.26. The highest BCUT2D eigenvalue weighted by Crippen LogP contribution is 2.28. The predicted octanol–water partition coefficient (Wildman–Crippen LogP) is 1.93. The average molecular weight is 208 g/mol. The van der Waals surface area contributed by atoms with Crippen molar-refractivity contribution in [3.8, 4) is 5.75 Å². The second-order valence-electron chi connectivity index (χ2n) is 3.32. The molecule has 82 valence electrons. The topological polar surface area (TPSA) is 64.3 Å². The van der Waals surface area contributed by atoms with Gasteiger partial charge in [0.25, 0.3) is 0 Å². The van der Waals surface area contributed by atoms with Gasteiger partial charge in [-0.25, -0.2) is 0 Å². The summed E-state index contributed by atoms with van der Waals surface area (Å²) in [6.45, 7) is 5.83. The molecule has 1 amide bonds. The van der Waals surface area contributed by atoms with Gasteiger partial charge in [0, 0.05) is 12.6 Å². The van der Waals surface area contributed by atoms with Gasteiger partial charge < -0.3 is 15.8 Å². The summed E-state index contributed by atoms with van der Waals surface area (Å²) in [4.78, 5) is 10.9. The molecule has 1 aromatic rings. The van der Waals surface area contributed by atoms with Crippen molar-refractivity contribution in [2.45, 2.75) is 20.8 Å². The molecule has 4 nitrogen and oxygen atoms in total. The molecule has 1 aromatic carbocycles. The first-order chi connectivity index (χ1) is 7.04. The van der Waals surface area contributed by atoms with E-state index in [0.29, 0.717) is 18.0 Å². The van der Waals surface area contributed by atoms with Crippen LogP contribution in [-0.4, -0.2) is 12.5 Å². The van der Waals surface area contributed by atoms with Gasteiger partial charge in [-0.15, -0.1) is 0 Å². The molecule has 0 radical (unpaired) electrons. The molecule has 0 atom stereocenters. The maximum Gasteiger partial charge on any atom is 0.221 e. The average Bonchev–Trinajstić information content (AvgIpc) is 2.13. The second kappa shape index (κ2) is 4.68. The quantitative estimate of drug-likeness (QED) is 0.746. The number of anilines is 2. The zero-order chi connectivity index (χ0) is 11.4. The Kier molecular flexibility index (Phi) is 3.55. The van der Waals surface area contributed by atoms with Crippen LogP contribution in [0.5, 0.6) is 5.75 Å². The fourth-order valence-electron chi connectivity index (χ4n) is 1.30. The Balaban J connectivity index is 3.02. The Labute approximate surface area is 89.4 Å². The van der Waals surface area contributed by atoms with Gasteiger partial charge in [0.1, 0.15) is 5.75 Å². The SMILES string of the molecule is CCOc1cc(C)c(NC(C)=O)cc1N. The molecule has 0 saturated heterocycles. The number of nitrogens with one attached hydrogen (secondary N) is 1. The van der Waals surface area contributed by atoms with Crippen LogP contribution in [0.3, 0.4) is 0 Å². The molecule has 0 bridgehead atoms. The first-order valence-corrected chi connectivity index (χ1v) is 4.85. The summed E-state index contributed by atoms with van der Waals surface area (Å²) in [5.74, 6) is 0.547. The van der Waals surface area contributed by atoms with Crippen LogP contribution >= 0.6 is 0 Å². The third-order valence-corrected chi connectivity index (χ3v) is 1.97. The maximum absolute atomic E-state index is 10.9. The van der Waals surface area contributed by atoms with Crippen LogP contribution < -0.4 is 15.8 Å². The summed E-state index contributed by atoms with van der Waals surface area (Å²) < 4.78 is 5.34. The molecule has 0 aromatic heterocycles. The highest BCUT2D eigenvalue weighted by molar-refractivity contribution is 5.90. The van der Waals surface area contributed by atoms with Crippen LogP contribution in [0.2, 0.25) is 0 Å². The lowest BCUT2D eigenvalue weighted by Gasteiger charge is -2.12. The molecule has 0 saturated carbocycles. The minimum atomic E-state index is -0.110. The monoisotopic (exact) mass is 208 g/mol. The lowest BCUT2D eigenvalue weighted by atomic mass is 10.1. The number of amides is 1. The smallest absolute Gasteiger partial charge is 0.221 e. The van der Waals surface area contributed by atoms with Crippen LogP contribution in [0, 0.1) is 6.92 Å². The Morgan fingerprint density at radius 2 is 2.20 bits per heavy atom. The molecule has 0 aliphatic rings. The Morgan fingerprint density at radius 1 is 1.53 bits per heavy atom. The highest BCUT2D eigenvalue weighted by atomic mass is 16.5. The molecule has 0 fully saturated rings. The summed E-state index contributed by atoms with van der Waals surface area (Å²) in [5.41, 5.74) is 7.97. The summed E-state index contributed by atoms with van der Waals surface area (Å²) in [5, 5.41) is 2.71. The van der Waals surface area contributed by atoms with Gasteiger partial charge in [-0.05, 0) is 31.5 Å². The van der Waals surface area contributed by atoms with E-state index in [2.05, 4.69) is 5.32 Å². The fourth-order valence-corrected chi connectivity index (χ4v) is 1.30. The second-order valence-corrected chi connectivity index (χ2v) is 3.32. The van der Waals surface area contributed by atoms with Crippen molar-refractivity contribution >= 4 is 17.3 Å². The third kappa shape index (κ3) is 2.87. The van der Waals surface area contributed by atoms with Gasteiger partial charge in [-0.3, -0.25) is 4.79 Å². The van der Waals surface area contributed by atoms with Gasteiger partial charge in [0.2, 0.25) is 5.91 Å². The van der Waals surface area contributed by atoms with Crippen molar-refractivity contribution in [1.29, 1.82) is 0 Å². The van der Waals surface area contributed by atoms with Crippen molar-refractivity contribution in [2.24, 2.45) is 0 Å². The molecule has 0 spiro atoms. The van der Waals surface area contributed by atoms with E-state index >= 15 is 0 Å². The van der Waals surface area contributed by atoms with Crippen LogP contribution in [0.25, 0.3) is 0 Å². The number of rotatable bonds is 3. The molecule has 3 N–H and O–H groups in total. The molecule has 0 unspecified atom stereocenters. The molecule has 15 heavy (non-hydrogen) atoms. The van der Waals surface area contributed by atoms with E-state index in [1.165, 1.54) is 6.92 Å². The molecular weight excluding hydrogens is 192 g/mol. The number of carbonyl (C=O) groups is 1.